The van der Waals surface area contributed by atoms with Crippen LogP contribution in [0.3, 0.4) is 0 Å². The Morgan fingerprint density at radius 1 is 1.29 bits per heavy atom. The van der Waals surface area contributed by atoms with Crippen molar-refractivity contribution in [2.75, 3.05) is 13.1 Å². The van der Waals surface area contributed by atoms with Crippen molar-refractivity contribution in [1.82, 2.24) is 9.88 Å². The van der Waals surface area contributed by atoms with Gasteiger partial charge >= 0.3 is 0 Å². The molecule has 4 heteroatoms. The van der Waals surface area contributed by atoms with Gasteiger partial charge in [-0.3, -0.25) is 4.90 Å². The van der Waals surface area contributed by atoms with Gasteiger partial charge in [0.1, 0.15) is 6.26 Å². The molecule has 1 aliphatic heterocycles. The lowest BCUT2D eigenvalue weighted by Gasteiger charge is -2.36. The van der Waals surface area contributed by atoms with Gasteiger partial charge < -0.3 is 10.2 Å². The van der Waals surface area contributed by atoms with Gasteiger partial charge in [0, 0.05) is 31.2 Å². The van der Waals surface area contributed by atoms with E-state index < -0.39 is 0 Å². The van der Waals surface area contributed by atoms with Crippen molar-refractivity contribution in [3.05, 3.63) is 42.3 Å². The number of hydrogen-bond acceptors (Lipinski definition) is 4. The van der Waals surface area contributed by atoms with E-state index in [0.29, 0.717) is 11.9 Å². The molecule has 2 heterocycles. The standard InChI is InChI=1S/C13H15N3O/c14-11-6-16(7-11)8-12-9-17-13(15-12)10-4-2-1-3-5-10/h1-5,9,11H,6-8,14H2. The summed E-state index contributed by atoms with van der Waals surface area (Å²) < 4.78 is 5.48. The van der Waals surface area contributed by atoms with Gasteiger partial charge in [-0.25, -0.2) is 4.98 Å². The molecule has 1 aromatic heterocycles. The number of nitrogens with zero attached hydrogens (tertiary/aromatic N) is 2. The lowest BCUT2D eigenvalue weighted by molar-refractivity contribution is 0.140. The van der Waals surface area contributed by atoms with Crippen LogP contribution in [0.15, 0.2) is 41.0 Å². The summed E-state index contributed by atoms with van der Waals surface area (Å²) in [5.41, 5.74) is 7.71. The third-order valence-electron chi connectivity index (χ3n) is 2.94. The molecule has 0 amide bonds. The molecule has 0 unspecified atom stereocenters. The first-order chi connectivity index (χ1) is 8.31. The van der Waals surface area contributed by atoms with Crippen LogP contribution in [-0.4, -0.2) is 29.0 Å². The second-order valence-electron chi connectivity index (χ2n) is 4.46. The van der Waals surface area contributed by atoms with Crippen molar-refractivity contribution in [1.29, 1.82) is 0 Å². The van der Waals surface area contributed by atoms with Crippen molar-refractivity contribution in [2.45, 2.75) is 12.6 Å². The van der Waals surface area contributed by atoms with Gasteiger partial charge in [-0.15, -0.1) is 0 Å². The zero-order chi connectivity index (χ0) is 11.7. The van der Waals surface area contributed by atoms with Crippen LogP contribution < -0.4 is 5.73 Å². The first-order valence-electron chi connectivity index (χ1n) is 5.79. The molecular weight excluding hydrogens is 214 g/mol. The minimum absolute atomic E-state index is 0.329. The van der Waals surface area contributed by atoms with Crippen LogP contribution in [-0.2, 0) is 6.54 Å². The number of rotatable bonds is 3. The highest BCUT2D eigenvalue weighted by atomic mass is 16.3. The van der Waals surface area contributed by atoms with E-state index in [1.807, 2.05) is 30.3 Å². The predicted molar refractivity (Wildman–Crippen MR) is 65.2 cm³/mol. The van der Waals surface area contributed by atoms with E-state index in [1.165, 1.54) is 0 Å². The smallest absolute Gasteiger partial charge is 0.226 e. The van der Waals surface area contributed by atoms with E-state index in [2.05, 4.69) is 9.88 Å². The molecule has 1 saturated heterocycles. The summed E-state index contributed by atoms with van der Waals surface area (Å²) in [6.07, 6.45) is 1.73. The molecule has 0 bridgehead atoms. The molecule has 1 aliphatic rings. The monoisotopic (exact) mass is 229 g/mol. The molecular formula is C13H15N3O. The fourth-order valence-electron chi connectivity index (χ4n) is 2.06. The van der Waals surface area contributed by atoms with Crippen LogP contribution >= 0.6 is 0 Å². The summed E-state index contributed by atoms with van der Waals surface area (Å²) in [4.78, 5) is 6.74. The molecule has 17 heavy (non-hydrogen) atoms. The number of nitrogens with two attached hydrogens (primary N) is 1. The number of hydrogen-bond donors (Lipinski definition) is 1. The molecule has 1 fully saturated rings. The van der Waals surface area contributed by atoms with Crippen molar-refractivity contribution in [2.24, 2.45) is 5.73 Å². The van der Waals surface area contributed by atoms with Gasteiger partial charge in [-0.05, 0) is 12.1 Å². The first-order valence-corrected chi connectivity index (χ1v) is 5.79. The Bertz CT molecular complexity index is 488. The van der Waals surface area contributed by atoms with E-state index in [-0.39, 0.29) is 0 Å². The fraction of sp³-hybridized carbons (Fsp3) is 0.308. The third kappa shape index (κ3) is 2.23. The highest BCUT2D eigenvalue weighted by Crippen LogP contribution is 2.19. The topological polar surface area (TPSA) is 55.3 Å². The third-order valence-corrected chi connectivity index (χ3v) is 2.94. The molecule has 1 aromatic carbocycles. The van der Waals surface area contributed by atoms with Crippen molar-refractivity contribution >= 4 is 0 Å². The zero-order valence-electron chi connectivity index (χ0n) is 9.54. The highest BCUT2D eigenvalue weighted by molar-refractivity contribution is 5.52. The van der Waals surface area contributed by atoms with Crippen LogP contribution in [0.4, 0.5) is 0 Å². The summed E-state index contributed by atoms with van der Waals surface area (Å²) in [5, 5.41) is 0. The van der Waals surface area contributed by atoms with Crippen molar-refractivity contribution < 1.29 is 4.42 Å². The van der Waals surface area contributed by atoms with Gasteiger partial charge in [-0.1, -0.05) is 18.2 Å². The lowest BCUT2D eigenvalue weighted by atomic mass is 10.1. The number of likely N-dealkylation sites (tertiary alicyclic amines) is 1. The number of benzene rings is 1. The number of oxazole rings is 1. The molecule has 0 atom stereocenters. The van der Waals surface area contributed by atoms with Gasteiger partial charge in [0.2, 0.25) is 5.89 Å². The highest BCUT2D eigenvalue weighted by Gasteiger charge is 2.23. The molecule has 3 rings (SSSR count). The van der Waals surface area contributed by atoms with E-state index >= 15 is 0 Å². The Labute approximate surface area is 100 Å². The van der Waals surface area contributed by atoms with Gasteiger partial charge in [-0.2, -0.15) is 0 Å². The largest absolute Gasteiger partial charge is 0.444 e. The minimum atomic E-state index is 0.329. The number of aromatic nitrogens is 1. The average Bonchev–Trinajstić information content (AvgIpc) is 2.77. The maximum absolute atomic E-state index is 5.73. The van der Waals surface area contributed by atoms with Crippen molar-refractivity contribution in [3.63, 3.8) is 0 Å². The Morgan fingerprint density at radius 2 is 2.06 bits per heavy atom. The van der Waals surface area contributed by atoms with Gasteiger partial charge in [0.15, 0.2) is 0 Å². The molecule has 2 N–H and O–H groups in total. The Kier molecular flexibility index (Phi) is 2.66. The minimum Gasteiger partial charge on any atom is -0.444 e. The van der Waals surface area contributed by atoms with E-state index in [4.69, 9.17) is 10.2 Å². The molecule has 88 valence electrons. The first kappa shape index (κ1) is 10.5. The summed E-state index contributed by atoms with van der Waals surface area (Å²) in [6.45, 7) is 2.73. The second-order valence-corrected chi connectivity index (χ2v) is 4.46. The molecule has 0 radical (unpaired) electrons. The Hall–Kier alpha value is -1.65. The molecule has 2 aromatic rings. The summed E-state index contributed by atoms with van der Waals surface area (Å²) >= 11 is 0. The SMILES string of the molecule is NC1CN(Cc2coc(-c3ccccc3)n2)C1. The average molecular weight is 229 g/mol. The second kappa shape index (κ2) is 4.31. The zero-order valence-corrected chi connectivity index (χ0v) is 9.54. The summed E-state index contributed by atoms with van der Waals surface area (Å²) in [7, 11) is 0. The fourth-order valence-corrected chi connectivity index (χ4v) is 2.06. The van der Waals surface area contributed by atoms with Gasteiger partial charge in [0.25, 0.3) is 0 Å². The van der Waals surface area contributed by atoms with Crippen LogP contribution in [0.2, 0.25) is 0 Å². The van der Waals surface area contributed by atoms with Crippen LogP contribution in [0.5, 0.6) is 0 Å². The maximum Gasteiger partial charge on any atom is 0.226 e. The Balaban J connectivity index is 1.70. The molecule has 0 spiro atoms. The van der Waals surface area contributed by atoms with Gasteiger partial charge in [0.05, 0.1) is 5.69 Å². The maximum atomic E-state index is 5.73. The van der Waals surface area contributed by atoms with Crippen LogP contribution in [0, 0.1) is 0 Å². The predicted octanol–water partition coefficient (Wildman–Crippen LogP) is 1.48. The molecule has 0 aliphatic carbocycles. The summed E-state index contributed by atoms with van der Waals surface area (Å²) in [6, 6.07) is 10.3. The lowest BCUT2D eigenvalue weighted by Crippen LogP contribution is -2.54. The van der Waals surface area contributed by atoms with E-state index in [1.54, 1.807) is 6.26 Å². The Morgan fingerprint density at radius 3 is 2.76 bits per heavy atom. The summed E-state index contributed by atoms with van der Waals surface area (Å²) in [5.74, 6) is 0.686. The van der Waals surface area contributed by atoms with Crippen LogP contribution in [0.1, 0.15) is 5.69 Å². The van der Waals surface area contributed by atoms with Crippen LogP contribution in [0.25, 0.3) is 11.5 Å². The quantitative estimate of drug-likeness (QED) is 0.866. The van der Waals surface area contributed by atoms with Crippen molar-refractivity contribution in [3.8, 4) is 11.5 Å². The normalized spacial score (nSPS) is 17.0. The molecule has 0 saturated carbocycles. The molecule has 4 nitrogen and oxygen atoms in total. The van der Waals surface area contributed by atoms with E-state index in [0.717, 1.165) is 30.9 Å². The van der Waals surface area contributed by atoms with E-state index in [9.17, 15) is 0 Å².